The lowest BCUT2D eigenvalue weighted by Gasteiger charge is -2.34. The summed E-state index contributed by atoms with van der Waals surface area (Å²) in [7, 11) is 0. The summed E-state index contributed by atoms with van der Waals surface area (Å²) in [6, 6.07) is 18.7. The van der Waals surface area contributed by atoms with E-state index in [2.05, 4.69) is 63.8 Å². The Hall–Kier alpha value is -15.4. The van der Waals surface area contributed by atoms with Gasteiger partial charge >= 0.3 is 17.9 Å². The monoisotopic (exact) mass is 1790 g/mol. The van der Waals surface area contributed by atoms with Crippen LogP contribution in [0.25, 0.3) is 33.4 Å². The quantitative estimate of drug-likeness (QED) is 0.0227. The van der Waals surface area contributed by atoms with Crippen molar-refractivity contribution in [2.45, 2.75) is 133 Å². The van der Waals surface area contributed by atoms with Gasteiger partial charge in [0.15, 0.2) is 5.43 Å². The smallest absolute Gasteiger partial charge is 0.336 e. The second-order valence-electron chi connectivity index (χ2n) is 31.6. The zero-order chi connectivity index (χ0) is 93.0. The lowest BCUT2D eigenvalue weighted by Crippen LogP contribution is -2.56. The number of carboxylic acid groups (broad SMARTS) is 3. The van der Waals surface area contributed by atoms with Gasteiger partial charge in [-0.25, -0.2) is 4.79 Å². The molecule has 0 unspecified atom stereocenters. The van der Waals surface area contributed by atoms with Gasteiger partial charge in [-0.15, -0.1) is 0 Å². The molecule has 1 aromatic heterocycles. The number of carbonyl (C=O) groups is 15. The van der Waals surface area contributed by atoms with Crippen LogP contribution in [0.4, 0.5) is 46.3 Å². The first-order chi connectivity index (χ1) is 62.3. The SMILES string of the molecule is NCCCC[C@@H]1NC(=O)[C@H](CCC(=O)O)NC(=O)c2cc(NC(=O)CNC(=O)C3CCN(c4nc(Nc5ccc(-c6c7ccc(=O)cc-7oc7cc(O)ccc67)c(C(=O)O)c5)nc(N5CCC(C(=O)NCC(=O)Nc6ccc7c(c6)C(=O)N[C@@H](CCC(=O)O)C(=O)N[C@@H](CCCCN)C(=O)N[C@H](C(N)=O)CCO7)CC5)n4)CC3)ccc2NCc2ccc(C(N)=O)cc2NC1=O. The van der Waals surface area contributed by atoms with Gasteiger partial charge < -0.3 is 126 Å². The van der Waals surface area contributed by atoms with Crippen molar-refractivity contribution in [1.29, 1.82) is 0 Å². The Morgan fingerprint density at radius 2 is 1.06 bits per heavy atom. The minimum absolute atomic E-state index is 0.0312. The van der Waals surface area contributed by atoms with Crippen molar-refractivity contribution >= 4 is 146 Å². The number of nitrogens with one attached hydrogen (secondary N) is 12. The first-order valence-electron chi connectivity index (χ1n) is 42.2. The van der Waals surface area contributed by atoms with Crippen LogP contribution in [0.15, 0.2) is 118 Å². The Bertz CT molecular complexity index is 5740. The molecule has 5 atom stereocenters. The second kappa shape index (κ2) is 43.2. The molecule has 130 heavy (non-hydrogen) atoms. The summed E-state index contributed by atoms with van der Waals surface area (Å²) in [5.74, 6) is -14.3. The number of nitrogens with zero attached hydrogens (tertiary/aromatic N) is 5. The number of rotatable bonds is 30. The van der Waals surface area contributed by atoms with Crippen molar-refractivity contribution < 1.29 is 101 Å². The van der Waals surface area contributed by atoms with Gasteiger partial charge in [0.2, 0.25) is 76.9 Å². The number of anilines is 8. The molecule has 0 spiro atoms. The maximum absolute atomic E-state index is 14.4. The third-order valence-electron chi connectivity index (χ3n) is 22.4. The standard InChI is InChI=1S/C87H99N21O22/c88-28-3-1-5-61-80(123)98-60(75(91)118)27-34-129-66-20-11-49(38-58(66)79(122)100-64(83(126)101-61)19-22-72(115)116)96-70(112)43-94-77(120)45-25-32-108(33-26-45)87-105-85(97-50-9-14-53(56(36-50)84(127)128)73-54-15-12-51(109)39-67(54)130-68-40-52(110)13-16-55(68)73)104-86(106-87)107-30-23-44(24-31-107)76(119)93-42-69(111)95-48-10-17-59-57(37-48)78(121)99-63(18-21-71(113)114)82(125)102-62(6-2-4-29-89)81(124)103-65-35-46(74(90)117)7-8-47(65)41-92-59/h7-17,20,35-40,44-45,60-64,92,109H,1-6,18-19,21-34,41-43,88-89H2,(H2,90,117)(H2,91,118)(H,93,119)(H,94,120)(H,95,111)(H,96,112)(H,98,123)(H,99,121)(H,100,122)(H,101,126)(H,102,125)(H,103,124)(H,113,114)(H,115,116)(H,127,128)(H,97,104,105,106)/t60-,61-,62-,63-,64-/m0/s1. The number of ether oxygens (including phenoxy) is 1. The van der Waals surface area contributed by atoms with Crippen LogP contribution in [-0.2, 0) is 59.3 Å². The van der Waals surface area contributed by atoms with Gasteiger partial charge in [0.05, 0.1) is 36.4 Å². The van der Waals surface area contributed by atoms with Crippen LogP contribution in [0.1, 0.15) is 143 Å². The van der Waals surface area contributed by atoms with Crippen LogP contribution in [0, 0.1) is 11.8 Å². The van der Waals surface area contributed by atoms with Gasteiger partial charge in [-0.2, -0.15) is 15.0 Å². The number of hydrogen-bond acceptors (Lipinski definition) is 28. The number of benzene rings is 6. The van der Waals surface area contributed by atoms with E-state index in [1.165, 1.54) is 91.0 Å². The van der Waals surface area contributed by atoms with Crippen LogP contribution < -0.4 is 107 Å². The maximum atomic E-state index is 14.4. The second-order valence-corrected chi connectivity index (χ2v) is 31.6. The highest BCUT2D eigenvalue weighted by molar-refractivity contribution is 6.10. The molecule has 5 aliphatic heterocycles. The topological polar surface area (TPSA) is 670 Å². The third kappa shape index (κ3) is 24.4. The molecular weight excluding hydrogens is 1690 g/mol. The minimum Gasteiger partial charge on any atom is -0.508 e. The lowest BCUT2D eigenvalue weighted by molar-refractivity contribution is -0.138. The van der Waals surface area contributed by atoms with E-state index < -0.39 is 170 Å². The number of aromatic hydroxyl groups is 1. The van der Waals surface area contributed by atoms with Crippen LogP contribution in [0.2, 0.25) is 0 Å². The van der Waals surface area contributed by atoms with Crippen molar-refractivity contribution in [2.24, 2.45) is 34.8 Å². The van der Waals surface area contributed by atoms with Crippen molar-refractivity contribution in [1.82, 2.24) is 52.2 Å². The first kappa shape index (κ1) is 93.7. The molecule has 684 valence electrons. The molecule has 43 heteroatoms. The Kier molecular flexibility index (Phi) is 31.1. The van der Waals surface area contributed by atoms with Gasteiger partial charge in [0.1, 0.15) is 53.1 Å². The summed E-state index contributed by atoms with van der Waals surface area (Å²) in [5, 5.41) is 73.7. The summed E-state index contributed by atoms with van der Waals surface area (Å²) in [6.45, 7) is -0.169. The fourth-order valence-corrected chi connectivity index (χ4v) is 15.4. The Morgan fingerprint density at radius 1 is 0.515 bits per heavy atom. The fraction of sp³-hybridized carbons (Fsp3) is 0.368. The summed E-state index contributed by atoms with van der Waals surface area (Å²) in [5.41, 5.74) is 24.0. The molecule has 12 amide bonds. The number of phenolic OH excluding ortho intramolecular Hbond substituents is 1. The first-order valence-corrected chi connectivity index (χ1v) is 42.2. The molecule has 1 aliphatic carbocycles. The summed E-state index contributed by atoms with van der Waals surface area (Å²) >= 11 is 0. The number of aromatic carboxylic acids is 1. The third-order valence-corrected chi connectivity index (χ3v) is 22.4. The summed E-state index contributed by atoms with van der Waals surface area (Å²) < 4.78 is 12.0. The minimum atomic E-state index is -1.52. The maximum Gasteiger partial charge on any atom is 0.336 e. The molecule has 6 aromatic rings. The molecule has 12 rings (SSSR count). The summed E-state index contributed by atoms with van der Waals surface area (Å²) in [6.07, 6.45) is 0.583. The van der Waals surface area contributed by atoms with Crippen LogP contribution in [0.3, 0.4) is 0 Å². The molecular formula is C87H99N21O22. The number of primary amides is 2. The van der Waals surface area contributed by atoms with Gasteiger partial charge in [-0.3, -0.25) is 71.9 Å². The number of nitrogens with two attached hydrogens (primary N) is 4. The molecule has 0 bridgehead atoms. The van der Waals surface area contributed by atoms with Gasteiger partial charge in [0.25, 0.3) is 11.8 Å². The predicted molar refractivity (Wildman–Crippen MR) is 470 cm³/mol. The van der Waals surface area contributed by atoms with E-state index in [0.29, 0.717) is 47.8 Å². The molecule has 6 heterocycles. The summed E-state index contributed by atoms with van der Waals surface area (Å²) in [4.78, 5) is 232. The van der Waals surface area contributed by atoms with Crippen LogP contribution >= 0.6 is 0 Å². The van der Waals surface area contributed by atoms with Crippen LogP contribution in [-0.4, -0.2) is 213 Å². The fourth-order valence-electron chi connectivity index (χ4n) is 15.4. The molecule has 24 N–H and O–H groups in total. The normalized spacial score (nSPS) is 17.8. The largest absolute Gasteiger partial charge is 0.508 e. The average molecular weight is 1790 g/mol. The molecule has 6 aliphatic rings. The highest BCUT2D eigenvalue weighted by atomic mass is 16.5. The number of hydrogen-bond donors (Lipinski definition) is 20. The van der Waals surface area contributed by atoms with Gasteiger partial charge in [0, 0.05) is 126 Å². The molecule has 2 saturated heterocycles. The number of phenols is 1. The number of aliphatic carboxylic acids is 2. The van der Waals surface area contributed by atoms with E-state index in [1.54, 1.807) is 28.0 Å². The van der Waals surface area contributed by atoms with Crippen molar-refractivity contribution in [3.63, 3.8) is 0 Å². The average Bonchev–Trinajstić information content (AvgIpc) is 0.744. The van der Waals surface area contributed by atoms with Gasteiger partial charge in [-0.05, 0) is 186 Å². The Morgan fingerprint density at radius 3 is 1.63 bits per heavy atom. The number of aromatic nitrogens is 3. The number of carbonyl (C=O) groups excluding carboxylic acids is 12. The Labute approximate surface area is 740 Å². The molecule has 5 aromatic carbocycles. The number of unbranched alkanes of at least 4 members (excludes halogenated alkanes) is 2. The van der Waals surface area contributed by atoms with E-state index >= 15 is 0 Å². The predicted octanol–water partition coefficient (Wildman–Crippen LogP) is 2.41. The number of piperidine rings is 2. The van der Waals surface area contributed by atoms with Crippen molar-refractivity contribution in [3.8, 4) is 33.9 Å². The molecule has 43 nitrogen and oxygen atoms in total. The zero-order valence-corrected chi connectivity index (χ0v) is 70.3. The highest BCUT2D eigenvalue weighted by Crippen LogP contribution is 2.43. The van der Waals surface area contributed by atoms with Gasteiger partial charge in [-0.1, -0.05) is 12.1 Å². The highest BCUT2D eigenvalue weighted by Gasteiger charge is 2.36. The number of carboxylic acids is 3. The molecule has 2 fully saturated rings. The van der Waals surface area contributed by atoms with E-state index in [0.717, 1.165) is 0 Å². The van der Waals surface area contributed by atoms with E-state index in [4.69, 9.17) is 47.0 Å². The Balaban J connectivity index is 0.732. The van der Waals surface area contributed by atoms with E-state index in [-0.39, 0.29) is 200 Å². The number of amides is 12. The zero-order valence-electron chi connectivity index (χ0n) is 70.3. The van der Waals surface area contributed by atoms with E-state index in [9.17, 15) is 97.1 Å². The number of fused-ring (bicyclic) bond motifs is 5. The van der Waals surface area contributed by atoms with E-state index in [1.807, 2.05) is 0 Å². The van der Waals surface area contributed by atoms with Crippen molar-refractivity contribution in [3.05, 3.63) is 147 Å². The molecule has 0 radical (unpaired) electrons. The van der Waals surface area contributed by atoms with Crippen molar-refractivity contribution in [2.75, 3.05) is 95.3 Å². The lowest BCUT2D eigenvalue weighted by atomic mass is 9.90. The van der Waals surface area contributed by atoms with Crippen LogP contribution in [0.5, 0.6) is 11.5 Å². The molecule has 0 saturated carbocycles.